The highest BCUT2D eigenvalue weighted by Crippen LogP contribution is 2.29. The number of carbonyl (C=O) groups excluding carboxylic acids is 1. The smallest absolute Gasteiger partial charge is 0.254 e. The zero-order chi connectivity index (χ0) is 21.5. The predicted molar refractivity (Wildman–Crippen MR) is 116 cm³/mol. The van der Waals surface area contributed by atoms with E-state index in [0.29, 0.717) is 23.9 Å². The van der Waals surface area contributed by atoms with Gasteiger partial charge in [0.2, 0.25) is 0 Å². The number of rotatable bonds is 8. The first-order valence-corrected chi connectivity index (χ1v) is 10.6. The first-order valence-electron chi connectivity index (χ1n) is 10.6. The molecule has 30 heavy (non-hydrogen) atoms. The number of nitrogens with one attached hydrogen (secondary N) is 1. The molecule has 1 saturated heterocycles. The second kappa shape index (κ2) is 10.4. The van der Waals surface area contributed by atoms with Crippen molar-refractivity contribution in [3.8, 4) is 11.5 Å². The standard InChI is InChI=1S/C23H32N4O3/c1-5-30-21-7-6-18(13-22(21)29-4)15-27-10-8-17(9-11-27)12-20-19(23(28)24-3)14-25-16(2)26-20/h6-7,13-14,17H,5,8-12,15H2,1-4H3,(H,24,28). The van der Waals surface area contributed by atoms with Crippen molar-refractivity contribution >= 4 is 5.91 Å². The van der Waals surface area contributed by atoms with Crippen LogP contribution in [0, 0.1) is 12.8 Å². The lowest BCUT2D eigenvalue weighted by Crippen LogP contribution is -2.34. The third-order valence-corrected chi connectivity index (χ3v) is 5.58. The molecule has 0 radical (unpaired) electrons. The third kappa shape index (κ3) is 5.48. The van der Waals surface area contributed by atoms with Gasteiger partial charge in [-0.3, -0.25) is 9.69 Å². The molecule has 7 nitrogen and oxygen atoms in total. The van der Waals surface area contributed by atoms with Crippen LogP contribution in [-0.2, 0) is 13.0 Å². The second-order valence-corrected chi connectivity index (χ2v) is 7.70. The molecule has 0 saturated carbocycles. The summed E-state index contributed by atoms with van der Waals surface area (Å²) >= 11 is 0. The van der Waals surface area contributed by atoms with E-state index in [4.69, 9.17) is 9.47 Å². The summed E-state index contributed by atoms with van der Waals surface area (Å²) in [4.78, 5) is 23.4. The number of amides is 1. The molecule has 0 unspecified atom stereocenters. The number of piperidine rings is 1. The lowest BCUT2D eigenvalue weighted by molar-refractivity contribution is 0.0960. The summed E-state index contributed by atoms with van der Waals surface area (Å²) in [5.41, 5.74) is 2.67. The molecular weight excluding hydrogens is 380 g/mol. The van der Waals surface area contributed by atoms with Gasteiger partial charge < -0.3 is 14.8 Å². The fourth-order valence-corrected chi connectivity index (χ4v) is 3.96. The van der Waals surface area contributed by atoms with Gasteiger partial charge in [-0.2, -0.15) is 0 Å². The van der Waals surface area contributed by atoms with E-state index in [2.05, 4.69) is 32.3 Å². The van der Waals surface area contributed by atoms with Crippen molar-refractivity contribution in [3.05, 3.63) is 47.0 Å². The number of ether oxygens (including phenoxy) is 2. The summed E-state index contributed by atoms with van der Waals surface area (Å²) in [6, 6.07) is 6.16. The SMILES string of the molecule is CCOc1ccc(CN2CCC(Cc3nc(C)ncc3C(=O)NC)CC2)cc1OC. The van der Waals surface area contributed by atoms with Crippen LogP contribution < -0.4 is 14.8 Å². The van der Waals surface area contributed by atoms with Crippen molar-refractivity contribution in [2.45, 2.75) is 39.7 Å². The molecule has 1 aliphatic heterocycles. The Labute approximate surface area is 178 Å². The molecule has 2 heterocycles. The molecule has 1 N–H and O–H groups in total. The molecule has 1 amide bonds. The number of carbonyl (C=O) groups is 1. The van der Waals surface area contributed by atoms with Crippen LogP contribution in [0.5, 0.6) is 11.5 Å². The minimum Gasteiger partial charge on any atom is -0.493 e. The van der Waals surface area contributed by atoms with Gasteiger partial charge in [0.15, 0.2) is 11.5 Å². The summed E-state index contributed by atoms with van der Waals surface area (Å²) in [5, 5.41) is 2.69. The van der Waals surface area contributed by atoms with Crippen LogP contribution in [0.2, 0.25) is 0 Å². The number of aromatic nitrogens is 2. The maximum absolute atomic E-state index is 12.1. The Morgan fingerprint density at radius 3 is 2.70 bits per heavy atom. The number of likely N-dealkylation sites (tertiary alicyclic amines) is 1. The zero-order valence-corrected chi connectivity index (χ0v) is 18.4. The first-order chi connectivity index (χ1) is 14.5. The van der Waals surface area contributed by atoms with E-state index in [0.717, 1.165) is 56.1 Å². The van der Waals surface area contributed by atoms with Gasteiger partial charge in [-0.15, -0.1) is 0 Å². The molecule has 0 spiro atoms. The number of benzene rings is 1. The molecule has 1 aliphatic rings. The predicted octanol–water partition coefficient (Wildman–Crippen LogP) is 3.01. The summed E-state index contributed by atoms with van der Waals surface area (Å²) in [6.45, 7) is 7.41. The Balaban J connectivity index is 1.58. The van der Waals surface area contributed by atoms with Gasteiger partial charge in [-0.25, -0.2) is 9.97 Å². The lowest BCUT2D eigenvalue weighted by Gasteiger charge is -2.32. The molecular formula is C23H32N4O3. The number of nitrogens with zero attached hydrogens (tertiary/aromatic N) is 3. The van der Waals surface area contributed by atoms with Gasteiger partial charge in [0.1, 0.15) is 5.82 Å². The van der Waals surface area contributed by atoms with E-state index in [9.17, 15) is 4.79 Å². The van der Waals surface area contributed by atoms with Crippen LogP contribution in [0.25, 0.3) is 0 Å². The molecule has 162 valence electrons. The van der Waals surface area contributed by atoms with E-state index < -0.39 is 0 Å². The number of aryl methyl sites for hydroxylation is 1. The van der Waals surface area contributed by atoms with Crippen molar-refractivity contribution in [1.82, 2.24) is 20.2 Å². The largest absolute Gasteiger partial charge is 0.493 e. The zero-order valence-electron chi connectivity index (χ0n) is 18.4. The van der Waals surface area contributed by atoms with Crippen LogP contribution in [0.3, 0.4) is 0 Å². The Morgan fingerprint density at radius 2 is 2.03 bits per heavy atom. The van der Waals surface area contributed by atoms with E-state index in [1.807, 2.05) is 19.9 Å². The monoisotopic (exact) mass is 412 g/mol. The summed E-state index contributed by atoms with van der Waals surface area (Å²) in [6.07, 6.45) is 4.64. The van der Waals surface area contributed by atoms with Gasteiger partial charge in [0, 0.05) is 19.8 Å². The quantitative estimate of drug-likeness (QED) is 0.718. The lowest BCUT2D eigenvalue weighted by atomic mass is 9.90. The van der Waals surface area contributed by atoms with Crippen molar-refractivity contribution in [2.24, 2.45) is 5.92 Å². The molecule has 0 atom stereocenters. The van der Waals surface area contributed by atoms with Crippen LogP contribution in [-0.4, -0.2) is 54.6 Å². The first kappa shape index (κ1) is 22.0. The molecule has 3 rings (SSSR count). The van der Waals surface area contributed by atoms with Gasteiger partial charge in [-0.05, 0) is 69.8 Å². The Hall–Kier alpha value is -2.67. The van der Waals surface area contributed by atoms with E-state index in [1.165, 1.54) is 5.56 Å². The summed E-state index contributed by atoms with van der Waals surface area (Å²) in [5.74, 6) is 2.68. The Kier molecular flexibility index (Phi) is 7.63. The molecule has 1 aromatic heterocycles. The number of methoxy groups -OCH3 is 1. The second-order valence-electron chi connectivity index (χ2n) is 7.70. The highest BCUT2D eigenvalue weighted by Gasteiger charge is 2.23. The molecule has 0 aliphatic carbocycles. The van der Waals surface area contributed by atoms with Crippen LogP contribution in [0.15, 0.2) is 24.4 Å². The van der Waals surface area contributed by atoms with Crippen molar-refractivity contribution in [3.63, 3.8) is 0 Å². The Bertz CT molecular complexity index is 864. The number of hydrogen-bond donors (Lipinski definition) is 1. The highest BCUT2D eigenvalue weighted by atomic mass is 16.5. The molecule has 2 aromatic rings. The number of hydrogen-bond acceptors (Lipinski definition) is 6. The molecule has 1 fully saturated rings. The van der Waals surface area contributed by atoms with Crippen molar-refractivity contribution < 1.29 is 14.3 Å². The minimum absolute atomic E-state index is 0.119. The Morgan fingerprint density at radius 1 is 1.27 bits per heavy atom. The maximum Gasteiger partial charge on any atom is 0.254 e. The van der Waals surface area contributed by atoms with Crippen LogP contribution in [0.4, 0.5) is 0 Å². The topological polar surface area (TPSA) is 76.6 Å². The summed E-state index contributed by atoms with van der Waals surface area (Å²) in [7, 11) is 3.31. The molecule has 7 heteroatoms. The molecule has 0 bridgehead atoms. The van der Waals surface area contributed by atoms with Crippen molar-refractivity contribution in [2.75, 3.05) is 33.9 Å². The highest BCUT2D eigenvalue weighted by molar-refractivity contribution is 5.94. The van der Waals surface area contributed by atoms with Gasteiger partial charge >= 0.3 is 0 Å². The van der Waals surface area contributed by atoms with Gasteiger partial charge in [-0.1, -0.05) is 6.07 Å². The average Bonchev–Trinajstić information content (AvgIpc) is 2.76. The third-order valence-electron chi connectivity index (χ3n) is 5.58. The van der Waals surface area contributed by atoms with E-state index >= 15 is 0 Å². The fourth-order valence-electron chi connectivity index (χ4n) is 3.96. The van der Waals surface area contributed by atoms with Gasteiger partial charge in [0.05, 0.1) is 25.0 Å². The maximum atomic E-state index is 12.1. The van der Waals surface area contributed by atoms with Crippen molar-refractivity contribution in [1.29, 1.82) is 0 Å². The fraction of sp³-hybridized carbons (Fsp3) is 0.522. The molecule has 1 aromatic carbocycles. The van der Waals surface area contributed by atoms with E-state index in [1.54, 1.807) is 20.4 Å². The normalized spacial score (nSPS) is 15.1. The average molecular weight is 413 g/mol. The van der Waals surface area contributed by atoms with E-state index in [-0.39, 0.29) is 5.91 Å². The van der Waals surface area contributed by atoms with Gasteiger partial charge in [0.25, 0.3) is 5.91 Å². The summed E-state index contributed by atoms with van der Waals surface area (Å²) < 4.78 is 11.1. The van der Waals surface area contributed by atoms with Crippen LogP contribution in [0.1, 0.15) is 47.2 Å². The van der Waals surface area contributed by atoms with Crippen LogP contribution >= 0.6 is 0 Å². The minimum atomic E-state index is -0.119.